The van der Waals surface area contributed by atoms with Crippen LogP contribution in [0, 0.1) is 23.6 Å². The number of methoxy groups -OCH3 is 1. The maximum Gasteiger partial charge on any atom is 0.406 e. The predicted octanol–water partition coefficient (Wildman–Crippen LogP) is 4.97. The minimum Gasteiger partial charge on any atom is -0.495 e. The Kier molecular flexibility index (Phi) is 10.7. The Bertz CT molecular complexity index is 1760. The highest BCUT2D eigenvalue weighted by atomic mass is 19.4. The second-order valence-electron chi connectivity index (χ2n) is 13.2. The fourth-order valence-corrected chi connectivity index (χ4v) is 6.66. The molecule has 0 saturated carbocycles. The van der Waals surface area contributed by atoms with Crippen LogP contribution in [0.4, 0.5) is 23.2 Å². The number of amides is 2. The van der Waals surface area contributed by atoms with Crippen LogP contribution in [0.2, 0.25) is 0 Å². The molecule has 14 heteroatoms. The number of hydrogen-bond donors (Lipinski definition) is 3. The van der Waals surface area contributed by atoms with Crippen molar-refractivity contribution in [2.24, 2.45) is 5.92 Å². The summed E-state index contributed by atoms with van der Waals surface area (Å²) in [6.45, 7) is 7.36. The third kappa shape index (κ3) is 8.63. The van der Waals surface area contributed by atoms with Gasteiger partial charge < -0.3 is 30.0 Å². The molecule has 2 aliphatic heterocycles. The Morgan fingerprint density at radius 1 is 1.14 bits per heavy atom. The summed E-state index contributed by atoms with van der Waals surface area (Å²) in [5.41, 5.74) is 0.602. The van der Waals surface area contributed by atoms with Gasteiger partial charge in [-0.3, -0.25) is 14.5 Å². The molecule has 0 aliphatic carbocycles. The number of carbonyl (C=O) groups is 2. The van der Waals surface area contributed by atoms with E-state index < -0.39 is 30.4 Å². The zero-order valence-corrected chi connectivity index (χ0v) is 28.3. The standard InChI is InChI=1S/C35H42F4N6O4/c1-21-18-44(23-9-12-49-34(2,3)17-23)11-8-27(21)43-33(47)25-13-22(14-29-31(25)42-20-45(29)19-35(37,38)39)7-6-10-41-28-16-26(36)24(32(46)40-4)15-30(28)48-5/h13-16,20-21,23,27,41H,8-12,17-19H2,1-5H3,(H,40,46)(H,43,47)/t21-,23?,27-/m0/s1. The van der Waals surface area contributed by atoms with E-state index >= 15 is 0 Å². The van der Waals surface area contributed by atoms with Crippen LogP contribution in [0.5, 0.6) is 5.75 Å². The Balaban J connectivity index is 1.35. The van der Waals surface area contributed by atoms with E-state index in [0.717, 1.165) is 49.3 Å². The summed E-state index contributed by atoms with van der Waals surface area (Å²) in [6, 6.07) is 5.65. The zero-order chi connectivity index (χ0) is 35.5. The molecule has 3 aromatic rings. The molecule has 5 rings (SSSR count). The number of benzene rings is 2. The fraction of sp³-hybridized carbons (Fsp3) is 0.514. The van der Waals surface area contributed by atoms with E-state index in [1.165, 1.54) is 32.4 Å². The van der Waals surface area contributed by atoms with E-state index in [1.54, 1.807) is 0 Å². The summed E-state index contributed by atoms with van der Waals surface area (Å²) in [5.74, 6) is 4.33. The molecule has 3 heterocycles. The van der Waals surface area contributed by atoms with Crippen molar-refractivity contribution in [2.45, 2.75) is 70.4 Å². The van der Waals surface area contributed by atoms with Gasteiger partial charge in [-0.15, -0.1) is 0 Å². The Labute approximate surface area is 282 Å². The minimum atomic E-state index is -4.51. The van der Waals surface area contributed by atoms with Gasteiger partial charge in [-0.25, -0.2) is 9.37 Å². The van der Waals surface area contributed by atoms with Crippen LogP contribution in [0.25, 0.3) is 11.0 Å². The molecular weight excluding hydrogens is 644 g/mol. The smallest absolute Gasteiger partial charge is 0.406 e. The van der Waals surface area contributed by atoms with Crippen LogP contribution >= 0.6 is 0 Å². The molecule has 0 radical (unpaired) electrons. The third-order valence-corrected chi connectivity index (χ3v) is 9.12. The number of carbonyl (C=O) groups excluding carboxylic acids is 2. The van der Waals surface area contributed by atoms with Gasteiger partial charge in [-0.1, -0.05) is 18.8 Å². The van der Waals surface area contributed by atoms with E-state index in [9.17, 15) is 27.2 Å². The molecule has 3 atom stereocenters. The lowest BCUT2D eigenvalue weighted by molar-refractivity contribution is -0.140. The normalized spacial score (nSPS) is 21.0. The Morgan fingerprint density at radius 2 is 1.92 bits per heavy atom. The van der Waals surface area contributed by atoms with Crippen LogP contribution in [-0.4, -0.2) is 90.5 Å². The summed E-state index contributed by atoms with van der Waals surface area (Å²) in [6.07, 6.45) is -0.800. The fourth-order valence-electron chi connectivity index (χ4n) is 6.66. The van der Waals surface area contributed by atoms with Gasteiger partial charge in [0.25, 0.3) is 11.8 Å². The quantitative estimate of drug-likeness (QED) is 0.227. The number of likely N-dealkylation sites (tertiary alicyclic amines) is 1. The summed E-state index contributed by atoms with van der Waals surface area (Å²) < 4.78 is 67.0. The Morgan fingerprint density at radius 3 is 2.59 bits per heavy atom. The number of nitrogens with zero attached hydrogens (tertiary/aromatic N) is 3. The van der Waals surface area contributed by atoms with Crippen molar-refractivity contribution >= 4 is 28.5 Å². The molecule has 2 aliphatic rings. The molecule has 2 aromatic carbocycles. The van der Waals surface area contributed by atoms with Crippen molar-refractivity contribution in [3.63, 3.8) is 0 Å². The lowest BCUT2D eigenvalue weighted by Gasteiger charge is -2.46. The zero-order valence-electron chi connectivity index (χ0n) is 28.3. The van der Waals surface area contributed by atoms with E-state index in [1.807, 2.05) is 0 Å². The number of hydrogen-bond acceptors (Lipinski definition) is 7. The molecule has 1 unspecified atom stereocenters. The number of halogens is 4. The monoisotopic (exact) mass is 686 g/mol. The average molecular weight is 687 g/mol. The maximum absolute atomic E-state index is 14.6. The van der Waals surface area contributed by atoms with Gasteiger partial charge in [0.1, 0.15) is 23.6 Å². The number of ether oxygens (including phenoxy) is 2. The molecule has 3 N–H and O–H groups in total. The van der Waals surface area contributed by atoms with Crippen molar-refractivity contribution in [1.82, 2.24) is 25.1 Å². The number of fused-ring (bicyclic) bond motifs is 1. The van der Waals surface area contributed by atoms with Gasteiger partial charge >= 0.3 is 6.18 Å². The number of anilines is 1. The number of imidazole rings is 1. The lowest BCUT2D eigenvalue weighted by Crippen LogP contribution is -2.55. The van der Waals surface area contributed by atoms with Crippen LogP contribution in [0.15, 0.2) is 30.6 Å². The van der Waals surface area contributed by atoms with E-state index in [0.29, 0.717) is 18.2 Å². The highest BCUT2D eigenvalue weighted by Crippen LogP contribution is 2.31. The molecule has 2 amide bonds. The van der Waals surface area contributed by atoms with Crippen molar-refractivity contribution in [3.05, 3.63) is 53.1 Å². The second-order valence-corrected chi connectivity index (χ2v) is 13.2. The van der Waals surface area contributed by atoms with Crippen molar-refractivity contribution < 1.29 is 36.6 Å². The highest BCUT2D eigenvalue weighted by molar-refractivity contribution is 6.05. The predicted molar refractivity (Wildman–Crippen MR) is 177 cm³/mol. The first-order chi connectivity index (χ1) is 23.2. The van der Waals surface area contributed by atoms with Gasteiger partial charge in [0.15, 0.2) is 0 Å². The molecular formula is C35H42F4N6O4. The van der Waals surface area contributed by atoms with Crippen molar-refractivity contribution in [1.29, 1.82) is 0 Å². The molecule has 1 aromatic heterocycles. The van der Waals surface area contributed by atoms with E-state index in [-0.39, 0.29) is 57.7 Å². The maximum atomic E-state index is 14.6. The Hall–Kier alpha value is -4.35. The molecule has 0 bridgehead atoms. The highest BCUT2D eigenvalue weighted by Gasteiger charge is 2.37. The van der Waals surface area contributed by atoms with Gasteiger partial charge in [-0.2, -0.15) is 13.2 Å². The van der Waals surface area contributed by atoms with Crippen LogP contribution in [-0.2, 0) is 11.3 Å². The number of rotatable bonds is 8. The van der Waals surface area contributed by atoms with Crippen LogP contribution in [0.1, 0.15) is 66.3 Å². The second kappa shape index (κ2) is 14.6. The molecule has 10 nitrogen and oxygen atoms in total. The van der Waals surface area contributed by atoms with E-state index in [2.05, 4.69) is 58.4 Å². The molecule has 264 valence electrons. The van der Waals surface area contributed by atoms with E-state index in [4.69, 9.17) is 9.47 Å². The molecule has 0 spiro atoms. The van der Waals surface area contributed by atoms with Crippen molar-refractivity contribution in [3.8, 4) is 17.6 Å². The van der Waals surface area contributed by atoms with Crippen molar-refractivity contribution in [2.75, 3.05) is 45.7 Å². The topological polar surface area (TPSA) is 110 Å². The molecule has 2 saturated heterocycles. The largest absolute Gasteiger partial charge is 0.495 e. The van der Waals surface area contributed by atoms with Gasteiger partial charge in [0.05, 0.1) is 47.9 Å². The molecule has 49 heavy (non-hydrogen) atoms. The van der Waals surface area contributed by atoms with Gasteiger partial charge in [0, 0.05) is 50.5 Å². The van der Waals surface area contributed by atoms with Gasteiger partial charge in [-0.05, 0) is 57.2 Å². The first kappa shape index (κ1) is 35.9. The minimum absolute atomic E-state index is 0.00308. The third-order valence-electron chi connectivity index (χ3n) is 9.12. The summed E-state index contributed by atoms with van der Waals surface area (Å²) in [5, 5.41) is 8.42. The molecule has 2 fully saturated rings. The van der Waals surface area contributed by atoms with Gasteiger partial charge in [0.2, 0.25) is 0 Å². The SMILES string of the molecule is CNC(=O)c1cc(OC)c(NCC#Cc2cc(C(=O)N[C@H]3CCN(C4CCOC(C)(C)C4)C[C@@H]3C)c3ncn(CC(F)(F)F)c3c2)cc1F. The average Bonchev–Trinajstić information content (AvgIpc) is 3.43. The number of alkyl halides is 3. The van der Waals surface area contributed by atoms with Crippen LogP contribution < -0.4 is 20.7 Å². The lowest BCUT2D eigenvalue weighted by atomic mass is 9.88. The summed E-state index contributed by atoms with van der Waals surface area (Å²) in [4.78, 5) is 32.4. The first-order valence-corrected chi connectivity index (χ1v) is 16.2. The summed E-state index contributed by atoms with van der Waals surface area (Å²) in [7, 11) is 2.76. The number of piperidine rings is 1. The number of nitrogens with one attached hydrogen (secondary N) is 3. The summed E-state index contributed by atoms with van der Waals surface area (Å²) >= 11 is 0. The van der Waals surface area contributed by atoms with Crippen LogP contribution in [0.3, 0.4) is 0 Å². The number of aromatic nitrogens is 2. The first-order valence-electron chi connectivity index (χ1n) is 16.2.